The highest BCUT2D eigenvalue weighted by Gasteiger charge is 2.31. The summed E-state index contributed by atoms with van der Waals surface area (Å²) in [4.78, 5) is 4.43. The summed E-state index contributed by atoms with van der Waals surface area (Å²) in [6, 6.07) is 24.3. The molecule has 0 aliphatic rings. The van der Waals surface area contributed by atoms with Crippen LogP contribution >= 0.6 is 7.14 Å². The average Bonchev–Trinajstić information content (AvgIpc) is 2.62. The summed E-state index contributed by atoms with van der Waals surface area (Å²) >= 11 is 0. The van der Waals surface area contributed by atoms with Gasteiger partial charge < -0.3 is 9.30 Å². The molecule has 0 aliphatic heterocycles. The zero-order valence-corrected chi connectivity index (χ0v) is 13.1. The predicted molar refractivity (Wildman–Crippen MR) is 90.2 cm³/mol. The van der Waals surface area contributed by atoms with E-state index < -0.39 is 7.14 Å². The van der Waals surface area contributed by atoms with Crippen LogP contribution in [0, 0.1) is 0 Å². The second kappa shape index (κ2) is 6.17. The molecule has 0 unspecified atom stereocenters. The van der Waals surface area contributed by atoms with Crippen LogP contribution in [0.4, 0.5) is 0 Å². The van der Waals surface area contributed by atoms with Gasteiger partial charge in [-0.25, -0.2) is 4.98 Å². The molecule has 0 N–H and O–H groups in total. The Kier molecular flexibility index (Phi) is 4.08. The fraction of sp³-hybridized carbons (Fsp3) is 0.0556. The van der Waals surface area contributed by atoms with E-state index in [-0.39, 0.29) is 0 Å². The van der Waals surface area contributed by atoms with E-state index in [1.807, 2.05) is 66.7 Å². The molecule has 1 heterocycles. The van der Waals surface area contributed by atoms with E-state index in [1.54, 1.807) is 19.2 Å². The van der Waals surface area contributed by atoms with Gasteiger partial charge in [-0.3, -0.25) is 0 Å². The smallest absolute Gasteiger partial charge is 0.213 e. The maximum absolute atomic E-state index is 14.0. The summed E-state index contributed by atoms with van der Waals surface area (Å²) in [5.74, 6) is 0.463. The van der Waals surface area contributed by atoms with Crippen molar-refractivity contribution in [3.63, 3.8) is 0 Å². The quantitative estimate of drug-likeness (QED) is 0.696. The fourth-order valence-corrected chi connectivity index (χ4v) is 4.93. The Hall–Kier alpha value is -2.38. The third kappa shape index (κ3) is 2.56. The molecule has 1 aromatic heterocycles. The Bertz CT molecular complexity index is 760. The Morgan fingerprint density at radius 2 is 1.32 bits per heavy atom. The molecule has 0 saturated heterocycles. The number of nitrogens with zero attached hydrogens (tertiary/aromatic N) is 1. The predicted octanol–water partition coefficient (Wildman–Crippen LogP) is 2.73. The zero-order chi connectivity index (χ0) is 15.4. The first-order valence-corrected chi connectivity index (χ1v) is 8.69. The number of hydrogen-bond donors (Lipinski definition) is 0. The summed E-state index contributed by atoms with van der Waals surface area (Å²) < 4.78 is 19.2. The van der Waals surface area contributed by atoms with Gasteiger partial charge in [0, 0.05) is 16.7 Å². The SMILES string of the molecule is COc1cccc(P(=O)(c2ccccc2)c2ccccc2)n1. The molecule has 4 heteroatoms. The number of pyridine rings is 1. The van der Waals surface area contributed by atoms with Gasteiger partial charge in [0.25, 0.3) is 0 Å². The maximum Gasteiger partial charge on any atom is 0.213 e. The van der Waals surface area contributed by atoms with Crippen LogP contribution in [0.25, 0.3) is 0 Å². The van der Waals surface area contributed by atoms with Crippen LogP contribution in [-0.4, -0.2) is 12.1 Å². The molecule has 0 saturated carbocycles. The molecule has 0 atom stereocenters. The van der Waals surface area contributed by atoms with E-state index in [4.69, 9.17) is 4.74 Å². The van der Waals surface area contributed by atoms with Crippen molar-refractivity contribution in [3.05, 3.63) is 78.9 Å². The molecule has 0 spiro atoms. The van der Waals surface area contributed by atoms with E-state index in [9.17, 15) is 4.57 Å². The van der Waals surface area contributed by atoms with Crippen molar-refractivity contribution in [3.8, 4) is 5.88 Å². The highest BCUT2D eigenvalue weighted by atomic mass is 31.2. The lowest BCUT2D eigenvalue weighted by molar-refractivity contribution is 0.399. The molecular formula is C18H16NO2P. The van der Waals surface area contributed by atoms with Crippen LogP contribution < -0.4 is 20.8 Å². The molecule has 0 amide bonds. The number of aromatic nitrogens is 1. The highest BCUT2D eigenvalue weighted by Crippen LogP contribution is 2.41. The van der Waals surface area contributed by atoms with Crippen molar-refractivity contribution in [2.75, 3.05) is 7.11 Å². The second-order valence-electron chi connectivity index (χ2n) is 4.82. The Morgan fingerprint density at radius 1 is 0.773 bits per heavy atom. The fourth-order valence-electron chi connectivity index (χ4n) is 2.38. The lowest BCUT2D eigenvalue weighted by Crippen LogP contribution is -2.27. The van der Waals surface area contributed by atoms with Gasteiger partial charge in [0.1, 0.15) is 5.44 Å². The lowest BCUT2D eigenvalue weighted by atomic mass is 10.4. The van der Waals surface area contributed by atoms with Crippen molar-refractivity contribution in [1.29, 1.82) is 0 Å². The summed E-state index contributed by atoms with van der Waals surface area (Å²) in [7, 11) is -1.45. The van der Waals surface area contributed by atoms with Crippen LogP contribution in [0.1, 0.15) is 0 Å². The van der Waals surface area contributed by atoms with Crippen molar-refractivity contribution >= 4 is 23.2 Å². The van der Waals surface area contributed by atoms with E-state index in [2.05, 4.69) is 4.98 Å². The van der Waals surface area contributed by atoms with Crippen molar-refractivity contribution in [2.24, 2.45) is 0 Å². The van der Waals surface area contributed by atoms with Gasteiger partial charge in [-0.05, 0) is 6.07 Å². The number of benzene rings is 2. The van der Waals surface area contributed by atoms with Crippen LogP contribution in [0.5, 0.6) is 5.88 Å². The van der Waals surface area contributed by atoms with E-state index in [0.717, 1.165) is 10.6 Å². The third-order valence-corrected chi connectivity index (χ3v) is 6.43. The first-order chi connectivity index (χ1) is 10.7. The van der Waals surface area contributed by atoms with Crippen molar-refractivity contribution in [1.82, 2.24) is 4.98 Å². The largest absolute Gasteiger partial charge is 0.481 e. The van der Waals surface area contributed by atoms with Gasteiger partial charge in [-0.2, -0.15) is 0 Å². The molecule has 0 fully saturated rings. The Morgan fingerprint density at radius 3 is 1.82 bits per heavy atom. The first kappa shape index (κ1) is 14.6. The standard InChI is InChI=1S/C18H16NO2P/c1-21-17-13-8-14-18(19-17)22(20,15-9-4-2-5-10-15)16-11-6-3-7-12-16/h2-14H,1H3. The minimum Gasteiger partial charge on any atom is -0.481 e. The van der Waals surface area contributed by atoms with Gasteiger partial charge in [0.05, 0.1) is 7.11 Å². The number of methoxy groups -OCH3 is 1. The van der Waals surface area contributed by atoms with E-state index >= 15 is 0 Å². The van der Waals surface area contributed by atoms with Gasteiger partial charge in [-0.1, -0.05) is 66.7 Å². The highest BCUT2D eigenvalue weighted by molar-refractivity contribution is 7.85. The summed E-state index contributed by atoms with van der Waals surface area (Å²) in [6.45, 7) is 0. The van der Waals surface area contributed by atoms with Crippen LogP contribution in [0.15, 0.2) is 78.9 Å². The van der Waals surface area contributed by atoms with Crippen LogP contribution in [-0.2, 0) is 4.57 Å². The second-order valence-corrected chi connectivity index (χ2v) is 7.53. The Labute approximate surface area is 130 Å². The van der Waals surface area contributed by atoms with Gasteiger partial charge in [0.15, 0.2) is 7.14 Å². The monoisotopic (exact) mass is 309 g/mol. The molecule has 0 radical (unpaired) electrons. The number of ether oxygens (including phenoxy) is 1. The molecule has 3 rings (SSSR count). The molecule has 3 aromatic rings. The topological polar surface area (TPSA) is 39.2 Å². The maximum atomic E-state index is 14.0. The third-order valence-electron chi connectivity index (χ3n) is 3.48. The summed E-state index contributed by atoms with van der Waals surface area (Å²) in [5, 5.41) is 1.53. The van der Waals surface area contributed by atoms with Crippen molar-refractivity contribution in [2.45, 2.75) is 0 Å². The average molecular weight is 309 g/mol. The molecule has 110 valence electrons. The van der Waals surface area contributed by atoms with Gasteiger partial charge >= 0.3 is 0 Å². The minimum atomic E-state index is -3.01. The van der Waals surface area contributed by atoms with E-state index in [0.29, 0.717) is 11.3 Å². The molecule has 2 aromatic carbocycles. The molecule has 3 nitrogen and oxygen atoms in total. The number of hydrogen-bond acceptors (Lipinski definition) is 3. The first-order valence-electron chi connectivity index (χ1n) is 6.98. The molecule has 0 aliphatic carbocycles. The molecule has 0 bridgehead atoms. The normalized spacial score (nSPS) is 11.1. The van der Waals surface area contributed by atoms with Crippen LogP contribution in [0.3, 0.4) is 0 Å². The van der Waals surface area contributed by atoms with Gasteiger partial charge in [0.2, 0.25) is 5.88 Å². The molecule has 22 heavy (non-hydrogen) atoms. The Balaban J connectivity index is 2.26. The van der Waals surface area contributed by atoms with Gasteiger partial charge in [-0.15, -0.1) is 0 Å². The summed E-state index contributed by atoms with van der Waals surface area (Å²) in [6.07, 6.45) is 0. The van der Waals surface area contributed by atoms with Crippen molar-refractivity contribution < 1.29 is 9.30 Å². The number of rotatable bonds is 4. The minimum absolute atomic E-state index is 0.463. The lowest BCUT2D eigenvalue weighted by Gasteiger charge is -2.19. The van der Waals surface area contributed by atoms with Crippen LogP contribution in [0.2, 0.25) is 0 Å². The van der Waals surface area contributed by atoms with E-state index in [1.165, 1.54) is 0 Å². The zero-order valence-electron chi connectivity index (χ0n) is 12.2. The molecular weight excluding hydrogens is 293 g/mol. The summed E-state index contributed by atoms with van der Waals surface area (Å²) in [5.41, 5.74) is 0.532.